The van der Waals surface area contributed by atoms with Crippen LogP contribution in [-0.2, 0) is 9.53 Å². The molecule has 7 heteroatoms. The number of rotatable bonds is 9. The fraction of sp³-hybridized carbons (Fsp3) is 0.727. The molecule has 0 aliphatic rings. The molecule has 0 radical (unpaired) electrons. The molecule has 4 nitrogen and oxygen atoms in total. The summed E-state index contributed by atoms with van der Waals surface area (Å²) in [7, 11) is 0. The molecule has 0 aromatic heterocycles. The predicted octanol–water partition coefficient (Wildman–Crippen LogP) is 1.24. The van der Waals surface area contributed by atoms with Gasteiger partial charge in [-0.2, -0.15) is 13.2 Å². The molecule has 2 N–H and O–H groups in total. The van der Waals surface area contributed by atoms with Gasteiger partial charge in [-0.25, -0.2) is 0 Å². The fourth-order valence-electron chi connectivity index (χ4n) is 1.05. The Kier molecular flexibility index (Phi) is 8.40. The van der Waals surface area contributed by atoms with Crippen LogP contribution in [0.3, 0.4) is 0 Å². The summed E-state index contributed by atoms with van der Waals surface area (Å²) in [6, 6.07) is -0.685. The van der Waals surface area contributed by atoms with Crippen LogP contribution in [0.15, 0.2) is 12.7 Å². The Hall–Kier alpha value is -1.08. The van der Waals surface area contributed by atoms with E-state index in [2.05, 4.69) is 11.9 Å². The second-order valence-corrected chi connectivity index (χ2v) is 3.70. The lowest BCUT2D eigenvalue weighted by molar-refractivity contribution is -0.139. The van der Waals surface area contributed by atoms with E-state index >= 15 is 0 Å². The van der Waals surface area contributed by atoms with Crippen LogP contribution in [0.25, 0.3) is 0 Å². The summed E-state index contributed by atoms with van der Waals surface area (Å²) in [5.74, 6) is -0.682. The van der Waals surface area contributed by atoms with Gasteiger partial charge in [-0.1, -0.05) is 6.08 Å². The van der Waals surface area contributed by atoms with E-state index < -0.39 is 24.7 Å². The average Bonchev–Trinajstić information content (AvgIpc) is 2.29. The van der Waals surface area contributed by atoms with Crippen LogP contribution in [0, 0.1) is 0 Å². The number of halogens is 3. The van der Waals surface area contributed by atoms with E-state index in [0.29, 0.717) is 19.8 Å². The third-order valence-corrected chi connectivity index (χ3v) is 2.02. The molecule has 1 unspecified atom stereocenters. The van der Waals surface area contributed by atoms with Crippen molar-refractivity contribution >= 4 is 5.91 Å². The molecule has 0 bridgehead atoms. The van der Waals surface area contributed by atoms with Crippen molar-refractivity contribution < 1.29 is 22.7 Å². The summed E-state index contributed by atoms with van der Waals surface area (Å²) in [6.45, 7) is 5.05. The molecule has 0 aliphatic heterocycles. The molecule has 0 aliphatic carbocycles. The number of ether oxygens (including phenoxy) is 1. The lowest BCUT2D eigenvalue weighted by atomic mass is 10.3. The molecule has 0 aromatic rings. The van der Waals surface area contributed by atoms with Gasteiger partial charge in [-0.15, -0.1) is 6.58 Å². The second-order valence-electron chi connectivity index (χ2n) is 3.70. The zero-order chi connectivity index (χ0) is 14.0. The third kappa shape index (κ3) is 10.1. The summed E-state index contributed by atoms with van der Waals surface area (Å²) < 4.78 is 40.7. The van der Waals surface area contributed by atoms with Gasteiger partial charge in [0.05, 0.1) is 19.3 Å². The number of nitrogens with one attached hydrogen (secondary N) is 2. The second kappa shape index (κ2) is 8.93. The van der Waals surface area contributed by atoms with Crippen LogP contribution in [-0.4, -0.2) is 44.4 Å². The molecular formula is C11H19F3N2O2. The highest BCUT2D eigenvalue weighted by atomic mass is 19.4. The molecule has 0 spiro atoms. The predicted molar refractivity (Wildman–Crippen MR) is 62.2 cm³/mol. The maximum absolute atomic E-state index is 11.8. The van der Waals surface area contributed by atoms with E-state index in [-0.39, 0.29) is 0 Å². The van der Waals surface area contributed by atoms with Gasteiger partial charge in [0, 0.05) is 6.54 Å². The van der Waals surface area contributed by atoms with Crippen LogP contribution in [0.5, 0.6) is 0 Å². The van der Waals surface area contributed by atoms with Crippen molar-refractivity contribution in [2.24, 2.45) is 0 Å². The minimum absolute atomic E-state index is 0.394. The minimum Gasteiger partial charge on any atom is -0.380 e. The number of amides is 1. The highest BCUT2D eigenvalue weighted by Gasteiger charge is 2.28. The van der Waals surface area contributed by atoms with Crippen LogP contribution >= 0.6 is 0 Å². The number of carbonyl (C=O) groups is 1. The molecule has 18 heavy (non-hydrogen) atoms. The van der Waals surface area contributed by atoms with Gasteiger partial charge < -0.3 is 15.4 Å². The van der Waals surface area contributed by atoms with Crippen molar-refractivity contribution in [2.45, 2.75) is 25.6 Å². The molecular weight excluding hydrogens is 249 g/mol. The first kappa shape index (κ1) is 16.9. The highest BCUT2D eigenvalue weighted by molar-refractivity contribution is 5.81. The van der Waals surface area contributed by atoms with Gasteiger partial charge in [0.15, 0.2) is 0 Å². The molecule has 1 atom stereocenters. The van der Waals surface area contributed by atoms with Crippen LogP contribution in [0.2, 0.25) is 0 Å². The maximum Gasteiger partial charge on any atom is 0.405 e. The minimum atomic E-state index is -4.39. The molecule has 0 aromatic carbocycles. The van der Waals surface area contributed by atoms with Gasteiger partial charge in [0.25, 0.3) is 0 Å². The topological polar surface area (TPSA) is 50.4 Å². The lowest BCUT2D eigenvalue weighted by Gasteiger charge is -2.15. The van der Waals surface area contributed by atoms with Crippen LogP contribution in [0.4, 0.5) is 13.2 Å². The normalized spacial score (nSPS) is 13.1. The Bertz CT molecular complexity index is 257. The van der Waals surface area contributed by atoms with Crippen LogP contribution < -0.4 is 10.6 Å². The number of alkyl halides is 3. The smallest absolute Gasteiger partial charge is 0.380 e. The summed E-state index contributed by atoms with van der Waals surface area (Å²) in [5.41, 5.74) is 0. The van der Waals surface area contributed by atoms with Gasteiger partial charge in [-0.3, -0.25) is 4.79 Å². The number of hydrogen-bond acceptors (Lipinski definition) is 3. The van der Waals surface area contributed by atoms with E-state index in [9.17, 15) is 18.0 Å². The number of hydrogen-bond donors (Lipinski definition) is 2. The SMILES string of the molecule is C=CCCOCCNC(C)C(=O)NCC(F)(F)F. The molecule has 0 heterocycles. The molecule has 0 fully saturated rings. The first-order chi connectivity index (χ1) is 8.37. The van der Waals surface area contributed by atoms with E-state index in [1.54, 1.807) is 11.4 Å². The Balaban J connectivity index is 3.59. The van der Waals surface area contributed by atoms with Gasteiger partial charge >= 0.3 is 6.18 Å². The van der Waals surface area contributed by atoms with Crippen LogP contribution in [0.1, 0.15) is 13.3 Å². The van der Waals surface area contributed by atoms with Crippen molar-refractivity contribution in [1.29, 1.82) is 0 Å². The molecule has 106 valence electrons. The van der Waals surface area contributed by atoms with Gasteiger partial charge in [0.1, 0.15) is 6.54 Å². The molecule has 0 saturated carbocycles. The first-order valence-electron chi connectivity index (χ1n) is 5.63. The number of carbonyl (C=O) groups excluding carboxylic acids is 1. The molecule has 0 saturated heterocycles. The molecule has 0 rings (SSSR count). The lowest BCUT2D eigenvalue weighted by Crippen LogP contribution is -2.46. The largest absolute Gasteiger partial charge is 0.405 e. The van der Waals surface area contributed by atoms with Gasteiger partial charge in [-0.05, 0) is 13.3 Å². The van der Waals surface area contributed by atoms with Crippen molar-refractivity contribution in [3.63, 3.8) is 0 Å². The van der Waals surface area contributed by atoms with E-state index in [1.807, 2.05) is 0 Å². The highest BCUT2D eigenvalue weighted by Crippen LogP contribution is 2.12. The Morgan fingerprint density at radius 1 is 1.44 bits per heavy atom. The fourth-order valence-corrected chi connectivity index (χ4v) is 1.05. The Morgan fingerprint density at radius 2 is 2.11 bits per heavy atom. The zero-order valence-electron chi connectivity index (χ0n) is 10.3. The summed E-state index contributed by atoms with van der Waals surface area (Å²) in [6.07, 6.45) is -1.93. The van der Waals surface area contributed by atoms with E-state index in [4.69, 9.17) is 4.74 Å². The first-order valence-corrected chi connectivity index (χ1v) is 5.63. The average molecular weight is 268 g/mol. The summed E-state index contributed by atoms with van der Waals surface area (Å²) in [5, 5.41) is 4.57. The maximum atomic E-state index is 11.8. The quantitative estimate of drug-likeness (QED) is 0.488. The van der Waals surface area contributed by atoms with Crippen molar-refractivity contribution in [3.8, 4) is 0 Å². The van der Waals surface area contributed by atoms with E-state index in [0.717, 1.165) is 6.42 Å². The van der Waals surface area contributed by atoms with Crippen molar-refractivity contribution in [2.75, 3.05) is 26.3 Å². The zero-order valence-corrected chi connectivity index (χ0v) is 10.3. The monoisotopic (exact) mass is 268 g/mol. The summed E-state index contributed by atoms with van der Waals surface area (Å²) >= 11 is 0. The Labute approximate surface area is 105 Å². The standard InChI is InChI=1S/C11H19F3N2O2/c1-3-4-6-18-7-5-15-9(2)10(17)16-8-11(12,13)14/h3,9,15H,1,4-8H2,2H3,(H,16,17). The molecule has 1 amide bonds. The third-order valence-electron chi connectivity index (χ3n) is 2.02. The van der Waals surface area contributed by atoms with E-state index in [1.165, 1.54) is 6.92 Å². The van der Waals surface area contributed by atoms with Crippen molar-refractivity contribution in [1.82, 2.24) is 10.6 Å². The van der Waals surface area contributed by atoms with Gasteiger partial charge in [0.2, 0.25) is 5.91 Å². The summed E-state index contributed by atoms with van der Waals surface area (Å²) in [4.78, 5) is 11.2. The Morgan fingerprint density at radius 3 is 2.67 bits per heavy atom. The van der Waals surface area contributed by atoms with Crippen molar-refractivity contribution in [3.05, 3.63) is 12.7 Å².